The van der Waals surface area contributed by atoms with E-state index in [1.165, 1.54) is 0 Å². The summed E-state index contributed by atoms with van der Waals surface area (Å²) < 4.78 is 16.0. The monoisotopic (exact) mass is 311 g/mol. The molecule has 0 spiro atoms. The Bertz CT molecular complexity index is 545. The van der Waals surface area contributed by atoms with Crippen molar-refractivity contribution in [3.8, 4) is 5.75 Å². The molecule has 0 radical (unpaired) electrons. The normalized spacial score (nSPS) is 12.3. The zero-order valence-electron chi connectivity index (χ0n) is 11.8. The number of nitrogens with two attached hydrogens (primary N) is 1. The number of ether oxygens (including phenoxy) is 2. The molecule has 0 amide bonds. The molecule has 6 nitrogen and oxygen atoms in total. The molecule has 1 aromatic heterocycles. The van der Waals surface area contributed by atoms with Gasteiger partial charge in [-0.1, -0.05) is 23.7 Å². The molecule has 2 N–H and O–H groups in total. The fourth-order valence-electron chi connectivity index (χ4n) is 1.58. The van der Waals surface area contributed by atoms with Gasteiger partial charge >= 0.3 is 0 Å². The molecule has 0 aliphatic rings. The zero-order valence-corrected chi connectivity index (χ0v) is 12.5. The highest BCUT2D eigenvalue weighted by Crippen LogP contribution is 2.17. The second kappa shape index (κ2) is 7.97. The Hall–Kier alpha value is -1.63. The first-order valence-corrected chi connectivity index (χ1v) is 7.11. The number of rotatable bonds is 8. The number of benzene rings is 1. The van der Waals surface area contributed by atoms with E-state index < -0.39 is 6.04 Å². The van der Waals surface area contributed by atoms with Gasteiger partial charge in [0.1, 0.15) is 5.75 Å². The van der Waals surface area contributed by atoms with Crippen LogP contribution in [0.1, 0.15) is 31.1 Å². The quantitative estimate of drug-likeness (QED) is 0.755. The molecular formula is C14H18ClN3O3. The van der Waals surface area contributed by atoms with Gasteiger partial charge < -0.3 is 19.7 Å². The summed E-state index contributed by atoms with van der Waals surface area (Å²) in [6, 6.07) is 6.63. The Labute approximate surface area is 128 Å². The summed E-state index contributed by atoms with van der Waals surface area (Å²) in [5.41, 5.74) is 5.91. The van der Waals surface area contributed by atoms with E-state index >= 15 is 0 Å². The maximum Gasteiger partial charge on any atom is 0.264 e. The van der Waals surface area contributed by atoms with Crippen LogP contribution in [0.5, 0.6) is 5.75 Å². The first kappa shape index (κ1) is 15.8. The highest BCUT2D eigenvalue weighted by atomic mass is 35.5. The molecule has 1 atom stereocenters. The topological polar surface area (TPSA) is 83.4 Å². The number of hydrogen-bond acceptors (Lipinski definition) is 6. The van der Waals surface area contributed by atoms with Crippen molar-refractivity contribution in [2.24, 2.45) is 5.73 Å². The second-order valence-corrected chi connectivity index (χ2v) is 4.91. The summed E-state index contributed by atoms with van der Waals surface area (Å²) in [6.07, 6.45) is 0.944. The molecule has 7 heteroatoms. The van der Waals surface area contributed by atoms with Gasteiger partial charge in [0.2, 0.25) is 0 Å². The zero-order chi connectivity index (χ0) is 15.1. The predicted molar refractivity (Wildman–Crippen MR) is 78.1 cm³/mol. The molecule has 21 heavy (non-hydrogen) atoms. The van der Waals surface area contributed by atoms with Crippen molar-refractivity contribution in [3.05, 3.63) is 41.0 Å². The van der Waals surface area contributed by atoms with Crippen molar-refractivity contribution in [1.82, 2.24) is 10.1 Å². The van der Waals surface area contributed by atoms with Crippen LogP contribution in [-0.2, 0) is 11.3 Å². The van der Waals surface area contributed by atoms with E-state index in [4.69, 9.17) is 31.3 Å². The van der Waals surface area contributed by atoms with Crippen LogP contribution in [0.4, 0.5) is 0 Å². The average Bonchev–Trinajstić information content (AvgIpc) is 2.96. The lowest BCUT2D eigenvalue weighted by molar-refractivity contribution is 0.119. The Morgan fingerprint density at radius 3 is 2.81 bits per heavy atom. The number of halogens is 1. The first-order chi connectivity index (χ1) is 10.2. The summed E-state index contributed by atoms with van der Waals surface area (Å²) in [5.74, 6) is 1.46. The van der Waals surface area contributed by atoms with Gasteiger partial charge in [-0.05, 0) is 30.7 Å². The molecule has 2 aromatic rings. The Kier molecular flexibility index (Phi) is 5.98. The largest absolute Gasteiger partial charge is 0.484 e. The Balaban J connectivity index is 1.83. The Morgan fingerprint density at radius 1 is 1.33 bits per heavy atom. The molecule has 1 unspecified atom stereocenters. The SMILES string of the molecule is CCCOCC(N)c1noc(COc2ccc(Cl)cc2)n1. The minimum Gasteiger partial charge on any atom is -0.484 e. The predicted octanol–water partition coefficient (Wildman–Crippen LogP) is 2.73. The number of aromatic nitrogens is 2. The lowest BCUT2D eigenvalue weighted by Crippen LogP contribution is -2.19. The third-order valence-corrected chi connectivity index (χ3v) is 2.89. The van der Waals surface area contributed by atoms with Crippen molar-refractivity contribution in [2.75, 3.05) is 13.2 Å². The smallest absolute Gasteiger partial charge is 0.264 e. The van der Waals surface area contributed by atoms with E-state index in [1.807, 2.05) is 6.92 Å². The van der Waals surface area contributed by atoms with Crippen LogP contribution in [-0.4, -0.2) is 23.4 Å². The summed E-state index contributed by atoms with van der Waals surface area (Å²) in [4.78, 5) is 4.19. The second-order valence-electron chi connectivity index (χ2n) is 4.47. The third-order valence-electron chi connectivity index (χ3n) is 2.64. The molecule has 1 aromatic carbocycles. The number of hydrogen-bond donors (Lipinski definition) is 1. The first-order valence-electron chi connectivity index (χ1n) is 6.73. The highest BCUT2D eigenvalue weighted by Gasteiger charge is 2.14. The van der Waals surface area contributed by atoms with E-state index in [9.17, 15) is 0 Å². The van der Waals surface area contributed by atoms with E-state index in [0.717, 1.165) is 6.42 Å². The van der Waals surface area contributed by atoms with Gasteiger partial charge in [-0.2, -0.15) is 4.98 Å². The molecule has 0 saturated heterocycles. The average molecular weight is 312 g/mol. The fraction of sp³-hybridized carbons (Fsp3) is 0.429. The van der Waals surface area contributed by atoms with Gasteiger partial charge in [0.25, 0.3) is 5.89 Å². The summed E-state index contributed by atoms with van der Waals surface area (Å²) >= 11 is 5.80. The maximum atomic E-state index is 5.91. The maximum absolute atomic E-state index is 5.91. The van der Waals surface area contributed by atoms with Crippen molar-refractivity contribution < 1.29 is 14.0 Å². The van der Waals surface area contributed by atoms with Crippen molar-refractivity contribution in [2.45, 2.75) is 26.0 Å². The fourth-order valence-corrected chi connectivity index (χ4v) is 1.71. The molecule has 0 saturated carbocycles. The Morgan fingerprint density at radius 2 is 2.10 bits per heavy atom. The van der Waals surface area contributed by atoms with Gasteiger partial charge in [-0.25, -0.2) is 0 Å². The van der Waals surface area contributed by atoms with E-state index in [2.05, 4.69) is 10.1 Å². The van der Waals surface area contributed by atoms with Crippen LogP contribution < -0.4 is 10.5 Å². The summed E-state index contributed by atoms with van der Waals surface area (Å²) in [7, 11) is 0. The minimum atomic E-state index is -0.399. The molecular weight excluding hydrogens is 294 g/mol. The summed E-state index contributed by atoms with van der Waals surface area (Å²) in [5, 5.41) is 4.48. The standard InChI is InChI=1S/C14H18ClN3O3/c1-2-7-19-8-12(16)14-17-13(21-18-14)9-20-11-5-3-10(15)4-6-11/h3-6,12H,2,7-9,16H2,1H3. The van der Waals surface area contributed by atoms with Crippen LogP contribution in [0.3, 0.4) is 0 Å². The van der Waals surface area contributed by atoms with Gasteiger partial charge in [0, 0.05) is 11.6 Å². The van der Waals surface area contributed by atoms with Crippen molar-refractivity contribution in [1.29, 1.82) is 0 Å². The van der Waals surface area contributed by atoms with Gasteiger partial charge in [0.15, 0.2) is 12.4 Å². The van der Waals surface area contributed by atoms with Crippen LogP contribution in [0.25, 0.3) is 0 Å². The molecule has 0 aliphatic carbocycles. The van der Waals surface area contributed by atoms with Crippen LogP contribution >= 0.6 is 11.6 Å². The molecule has 1 heterocycles. The highest BCUT2D eigenvalue weighted by molar-refractivity contribution is 6.30. The molecule has 0 bridgehead atoms. The van der Waals surface area contributed by atoms with E-state index in [-0.39, 0.29) is 6.61 Å². The molecule has 0 fully saturated rings. The number of nitrogens with zero attached hydrogens (tertiary/aromatic N) is 2. The third kappa shape index (κ3) is 5.00. The van der Waals surface area contributed by atoms with Crippen molar-refractivity contribution in [3.63, 3.8) is 0 Å². The van der Waals surface area contributed by atoms with E-state index in [0.29, 0.717) is 35.7 Å². The van der Waals surface area contributed by atoms with Crippen LogP contribution in [0, 0.1) is 0 Å². The van der Waals surface area contributed by atoms with Crippen LogP contribution in [0.15, 0.2) is 28.8 Å². The molecule has 114 valence electrons. The molecule has 0 aliphatic heterocycles. The van der Waals surface area contributed by atoms with Gasteiger partial charge in [0.05, 0.1) is 12.6 Å². The van der Waals surface area contributed by atoms with Crippen LogP contribution in [0.2, 0.25) is 5.02 Å². The van der Waals surface area contributed by atoms with Crippen molar-refractivity contribution >= 4 is 11.6 Å². The lowest BCUT2D eigenvalue weighted by Gasteiger charge is -2.06. The minimum absolute atomic E-state index is 0.178. The van der Waals surface area contributed by atoms with Gasteiger partial charge in [-0.15, -0.1) is 0 Å². The van der Waals surface area contributed by atoms with Gasteiger partial charge in [-0.3, -0.25) is 0 Å². The summed E-state index contributed by atoms with van der Waals surface area (Å²) in [6.45, 7) is 3.24. The lowest BCUT2D eigenvalue weighted by atomic mass is 10.3. The van der Waals surface area contributed by atoms with E-state index in [1.54, 1.807) is 24.3 Å². The molecule has 2 rings (SSSR count).